The van der Waals surface area contributed by atoms with Gasteiger partial charge in [-0.3, -0.25) is 9.59 Å². The average molecular weight is 345 g/mol. The average Bonchev–Trinajstić information content (AvgIpc) is 2.60. The Balaban J connectivity index is 1.99. The van der Waals surface area contributed by atoms with Crippen LogP contribution in [0.3, 0.4) is 0 Å². The van der Waals surface area contributed by atoms with Crippen LogP contribution in [0.1, 0.15) is 26.3 Å². The lowest BCUT2D eigenvalue weighted by atomic mass is 10.1. The van der Waals surface area contributed by atoms with E-state index in [1.54, 1.807) is 18.7 Å². The topological polar surface area (TPSA) is 72.9 Å². The van der Waals surface area contributed by atoms with E-state index in [0.29, 0.717) is 26.2 Å². The third-order valence-corrected chi connectivity index (χ3v) is 4.31. The van der Waals surface area contributed by atoms with E-state index in [4.69, 9.17) is 0 Å². The van der Waals surface area contributed by atoms with E-state index >= 15 is 0 Å². The molecule has 1 heterocycles. The minimum Gasteiger partial charge on any atom is -0.394 e. The number of benzene rings is 1. The molecule has 0 bridgehead atoms. The lowest BCUT2D eigenvalue weighted by Gasteiger charge is -2.37. The van der Waals surface area contributed by atoms with Crippen molar-refractivity contribution < 1.29 is 14.7 Å². The molecule has 136 valence electrons. The Hall–Kier alpha value is -2.34. The van der Waals surface area contributed by atoms with Gasteiger partial charge in [-0.25, -0.2) is 0 Å². The van der Waals surface area contributed by atoms with Gasteiger partial charge in [0.05, 0.1) is 12.1 Å². The number of carbonyl (C=O) groups excluding carboxylic acids is 2. The summed E-state index contributed by atoms with van der Waals surface area (Å²) in [5.41, 5.74) is 2.40. The first-order chi connectivity index (χ1) is 11.7. The zero-order valence-corrected chi connectivity index (χ0v) is 15.2. The van der Waals surface area contributed by atoms with Gasteiger partial charge in [0.1, 0.15) is 0 Å². The summed E-state index contributed by atoms with van der Waals surface area (Å²) in [5.74, 6) is -1.22. The van der Waals surface area contributed by atoms with Crippen molar-refractivity contribution in [2.75, 3.05) is 37.7 Å². The highest BCUT2D eigenvalue weighted by Crippen LogP contribution is 2.26. The van der Waals surface area contributed by atoms with Crippen LogP contribution in [0.25, 0.3) is 5.57 Å². The van der Waals surface area contributed by atoms with Crippen LogP contribution in [-0.4, -0.2) is 60.1 Å². The number of nitrogens with zero attached hydrogens (tertiary/aromatic N) is 2. The number of rotatable bonds is 4. The molecule has 1 aliphatic rings. The first-order valence-electron chi connectivity index (χ1n) is 8.47. The number of nitrogens with one attached hydrogen (secondary N) is 1. The van der Waals surface area contributed by atoms with Crippen molar-refractivity contribution in [1.82, 2.24) is 10.2 Å². The second-order valence-corrected chi connectivity index (χ2v) is 7.07. The van der Waals surface area contributed by atoms with Crippen LogP contribution in [0, 0.1) is 0 Å². The Morgan fingerprint density at radius 3 is 2.36 bits per heavy atom. The van der Waals surface area contributed by atoms with Crippen molar-refractivity contribution in [2.24, 2.45) is 0 Å². The summed E-state index contributed by atoms with van der Waals surface area (Å²) in [6, 6.07) is 8.07. The summed E-state index contributed by atoms with van der Waals surface area (Å²) < 4.78 is 0. The maximum Gasteiger partial charge on any atom is 0.312 e. The third kappa shape index (κ3) is 4.60. The third-order valence-electron chi connectivity index (χ3n) is 4.31. The molecule has 0 aliphatic carbocycles. The number of hydrogen-bond donors (Lipinski definition) is 2. The van der Waals surface area contributed by atoms with Crippen molar-refractivity contribution in [3.8, 4) is 0 Å². The van der Waals surface area contributed by atoms with Gasteiger partial charge in [-0.15, -0.1) is 0 Å². The summed E-state index contributed by atoms with van der Waals surface area (Å²) in [6.07, 6.45) is 0. The fourth-order valence-corrected chi connectivity index (χ4v) is 2.80. The predicted octanol–water partition coefficient (Wildman–Crippen LogP) is 1.26. The molecular weight excluding hydrogens is 318 g/mol. The zero-order chi connectivity index (χ0) is 18.6. The van der Waals surface area contributed by atoms with Gasteiger partial charge in [-0.05, 0) is 32.4 Å². The van der Waals surface area contributed by atoms with Gasteiger partial charge < -0.3 is 20.2 Å². The standard InChI is InChI=1S/C19H27N3O3/c1-14(2)15-7-5-6-8-16(15)21-9-11-22(12-10-21)18(25)17(24)20-19(3,4)13-23/h5-8,23H,1,9-13H2,2-4H3,(H,20,24). The Morgan fingerprint density at radius 1 is 1.20 bits per heavy atom. The van der Waals surface area contributed by atoms with Crippen molar-refractivity contribution in [2.45, 2.75) is 26.3 Å². The first-order valence-corrected chi connectivity index (χ1v) is 8.47. The molecule has 1 saturated heterocycles. The van der Waals surface area contributed by atoms with Crippen LogP contribution in [0.15, 0.2) is 30.8 Å². The van der Waals surface area contributed by atoms with Gasteiger partial charge >= 0.3 is 11.8 Å². The van der Waals surface area contributed by atoms with Crippen molar-refractivity contribution >= 4 is 23.1 Å². The fourth-order valence-electron chi connectivity index (χ4n) is 2.80. The number of allylic oxidation sites excluding steroid dienone is 1. The van der Waals surface area contributed by atoms with Crippen LogP contribution in [0.2, 0.25) is 0 Å². The van der Waals surface area contributed by atoms with Crippen LogP contribution in [0.5, 0.6) is 0 Å². The Labute approximate surface area is 149 Å². The van der Waals surface area contributed by atoms with Gasteiger partial charge in [0.15, 0.2) is 0 Å². The van der Waals surface area contributed by atoms with E-state index in [2.05, 4.69) is 22.9 Å². The van der Waals surface area contributed by atoms with Gasteiger partial charge in [0.25, 0.3) is 0 Å². The van der Waals surface area contributed by atoms with Crippen LogP contribution < -0.4 is 10.2 Å². The number of aliphatic hydroxyl groups excluding tert-OH is 1. The summed E-state index contributed by atoms with van der Waals surface area (Å²) in [4.78, 5) is 28.2. The van der Waals surface area contributed by atoms with E-state index in [1.807, 2.05) is 25.1 Å². The summed E-state index contributed by atoms with van der Waals surface area (Å²) in [7, 11) is 0. The molecule has 2 N–H and O–H groups in total. The molecule has 2 rings (SSSR count). The SMILES string of the molecule is C=C(C)c1ccccc1N1CCN(C(=O)C(=O)NC(C)(C)CO)CC1. The number of para-hydroxylation sites is 1. The molecule has 0 atom stereocenters. The largest absolute Gasteiger partial charge is 0.394 e. The molecule has 1 aromatic carbocycles. The molecule has 6 nitrogen and oxygen atoms in total. The van der Waals surface area contributed by atoms with E-state index in [1.165, 1.54) is 0 Å². The Bertz CT molecular complexity index is 662. The quantitative estimate of drug-likeness (QED) is 0.806. The van der Waals surface area contributed by atoms with E-state index in [-0.39, 0.29) is 6.61 Å². The monoisotopic (exact) mass is 345 g/mol. The number of carbonyl (C=O) groups is 2. The molecule has 6 heteroatoms. The maximum absolute atomic E-state index is 12.3. The molecule has 1 fully saturated rings. The lowest BCUT2D eigenvalue weighted by molar-refractivity contribution is -0.147. The molecule has 25 heavy (non-hydrogen) atoms. The van der Waals surface area contributed by atoms with Crippen molar-refractivity contribution in [1.29, 1.82) is 0 Å². The number of aliphatic hydroxyl groups is 1. The Morgan fingerprint density at radius 2 is 1.80 bits per heavy atom. The van der Waals surface area contributed by atoms with Crippen LogP contribution in [0.4, 0.5) is 5.69 Å². The van der Waals surface area contributed by atoms with Crippen LogP contribution in [-0.2, 0) is 9.59 Å². The minimum atomic E-state index is -0.811. The molecule has 1 aliphatic heterocycles. The zero-order valence-electron chi connectivity index (χ0n) is 15.2. The number of anilines is 1. The highest BCUT2D eigenvalue weighted by atomic mass is 16.3. The minimum absolute atomic E-state index is 0.225. The van der Waals surface area contributed by atoms with E-state index < -0.39 is 17.4 Å². The number of hydrogen-bond acceptors (Lipinski definition) is 4. The van der Waals surface area contributed by atoms with Gasteiger partial charge in [-0.2, -0.15) is 0 Å². The normalized spacial score (nSPS) is 15.0. The molecular formula is C19H27N3O3. The van der Waals surface area contributed by atoms with Crippen LogP contribution >= 0.6 is 0 Å². The van der Waals surface area contributed by atoms with E-state index in [0.717, 1.165) is 16.8 Å². The molecule has 0 spiro atoms. The van der Waals surface area contributed by atoms with Gasteiger partial charge in [-0.1, -0.05) is 24.8 Å². The summed E-state index contributed by atoms with van der Waals surface area (Å²) >= 11 is 0. The molecule has 0 unspecified atom stereocenters. The van der Waals surface area contributed by atoms with Crippen molar-refractivity contribution in [3.05, 3.63) is 36.4 Å². The highest BCUT2D eigenvalue weighted by Gasteiger charge is 2.30. The highest BCUT2D eigenvalue weighted by molar-refractivity contribution is 6.35. The predicted molar refractivity (Wildman–Crippen MR) is 99.3 cm³/mol. The second-order valence-electron chi connectivity index (χ2n) is 7.07. The van der Waals surface area contributed by atoms with Gasteiger partial charge in [0, 0.05) is 37.4 Å². The maximum atomic E-state index is 12.3. The Kier molecular flexibility index (Phi) is 5.85. The molecule has 2 amide bonds. The molecule has 1 aromatic rings. The van der Waals surface area contributed by atoms with Crippen molar-refractivity contribution in [3.63, 3.8) is 0 Å². The molecule has 0 radical (unpaired) electrons. The van der Waals surface area contributed by atoms with Gasteiger partial charge in [0.2, 0.25) is 0 Å². The second kappa shape index (κ2) is 7.70. The fraction of sp³-hybridized carbons (Fsp3) is 0.474. The number of piperazine rings is 1. The summed E-state index contributed by atoms with van der Waals surface area (Å²) in [6.45, 7) is 11.4. The smallest absolute Gasteiger partial charge is 0.312 e. The molecule has 0 saturated carbocycles. The lowest BCUT2D eigenvalue weighted by Crippen LogP contribution is -2.56. The number of amides is 2. The first kappa shape index (κ1) is 19.0. The molecule has 0 aromatic heterocycles. The van der Waals surface area contributed by atoms with E-state index in [9.17, 15) is 14.7 Å². The summed E-state index contributed by atoms with van der Waals surface area (Å²) in [5, 5.41) is 11.8.